The number of nitrogens with one attached hydrogen (secondary N) is 1. The van der Waals surface area contributed by atoms with Crippen LogP contribution in [0.15, 0.2) is 36.7 Å². The van der Waals surface area contributed by atoms with E-state index in [9.17, 15) is 22.0 Å². The summed E-state index contributed by atoms with van der Waals surface area (Å²) in [5.74, 6) is -1.57. The number of ether oxygens (including phenoxy) is 1. The molecule has 1 N–H and O–H groups in total. The number of morpholine rings is 1. The number of rotatable bonds is 5. The highest BCUT2D eigenvalue weighted by Crippen LogP contribution is 2.35. The summed E-state index contributed by atoms with van der Waals surface area (Å²) in [4.78, 5) is 12.3. The van der Waals surface area contributed by atoms with Gasteiger partial charge in [0.25, 0.3) is 0 Å². The second-order valence-electron chi connectivity index (χ2n) is 8.07. The minimum Gasteiger partial charge on any atom is -0.379 e. The Hall–Kier alpha value is -3.32. The van der Waals surface area contributed by atoms with Crippen LogP contribution in [0.2, 0.25) is 0 Å². The van der Waals surface area contributed by atoms with Crippen molar-refractivity contribution in [2.45, 2.75) is 12.2 Å². The van der Waals surface area contributed by atoms with Gasteiger partial charge in [-0.1, -0.05) is 0 Å². The molecule has 0 spiro atoms. The van der Waals surface area contributed by atoms with Gasteiger partial charge in [0.1, 0.15) is 29.6 Å². The first-order valence-electron chi connectivity index (χ1n) is 10.6. The van der Waals surface area contributed by atoms with Gasteiger partial charge in [-0.25, -0.2) is 18.4 Å². The molecule has 1 aromatic carbocycles. The molecule has 4 heterocycles. The molecule has 0 saturated carbocycles. The van der Waals surface area contributed by atoms with Crippen molar-refractivity contribution in [2.75, 3.05) is 49.6 Å². The van der Waals surface area contributed by atoms with Gasteiger partial charge in [-0.3, -0.25) is 4.90 Å². The molecular weight excluding hydrogens is 461 g/mol. The summed E-state index contributed by atoms with van der Waals surface area (Å²) in [6.07, 6.45) is -3.39. The van der Waals surface area contributed by atoms with Crippen LogP contribution in [0.25, 0.3) is 5.69 Å². The predicted molar refractivity (Wildman–Crippen MR) is 114 cm³/mol. The molecule has 2 aliphatic rings. The Kier molecular flexibility index (Phi) is 5.81. The van der Waals surface area contributed by atoms with Crippen molar-refractivity contribution in [1.82, 2.24) is 24.6 Å². The first-order chi connectivity index (χ1) is 16.2. The molecule has 0 unspecified atom stereocenters. The summed E-state index contributed by atoms with van der Waals surface area (Å²) in [5, 5.41) is 6.70. The van der Waals surface area contributed by atoms with Crippen molar-refractivity contribution < 1.29 is 28.1 Å². The highest BCUT2D eigenvalue weighted by molar-refractivity contribution is 5.57. The molecule has 182 valence electrons. The number of hydrogen-bond acceptors (Lipinski definition) is 7. The normalized spacial score (nSPS) is 17.6. The van der Waals surface area contributed by atoms with Crippen LogP contribution >= 0.6 is 0 Å². The minimum absolute atomic E-state index is 0. The molecule has 2 saturated heterocycles. The van der Waals surface area contributed by atoms with Crippen LogP contribution in [0.4, 0.5) is 39.5 Å². The number of anilines is 3. The van der Waals surface area contributed by atoms with E-state index < -0.39 is 23.4 Å². The zero-order chi connectivity index (χ0) is 23.9. The van der Waals surface area contributed by atoms with Gasteiger partial charge >= 0.3 is 6.18 Å². The van der Waals surface area contributed by atoms with E-state index in [2.05, 4.69) is 25.3 Å². The Morgan fingerprint density at radius 2 is 1.71 bits per heavy atom. The van der Waals surface area contributed by atoms with Crippen LogP contribution in [0.1, 0.15) is 6.99 Å². The number of benzene rings is 1. The summed E-state index contributed by atoms with van der Waals surface area (Å²) < 4.78 is 74.0. The molecule has 0 radical (unpaired) electrons. The van der Waals surface area contributed by atoms with Crippen LogP contribution in [0.5, 0.6) is 0 Å². The Morgan fingerprint density at radius 1 is 1.00 bits per heavy atom. The quantitative estimate of drug-likeness (QED) is 0.558. The fourth-order valence-corrected chi connectivity index (χ4v) is 3.95. The van der Waals surface area contributed by atoms with Crippen molar-refractivity contribution >= 4 is 17.6 Å². The van der Waals surface area contributed by atoms with E-state index in [1.807, 2.05) is 0 Å². The lowest BCUT2D eigenvalue weighted by atomic mass is 10.1. The fourth-order valence-electron chi connectivity index (χ4n) is 3.95. The summed E-state index contributed by atoms with van der Waals surface area (Å²) in [6.45, 7) is 4.01. The number of aromatic nitrogens is 4. The molecule has 2 fully saturated rings. The van der Waals surface area contributed by atoms with E-state index in [-0.39, 0.29) is 30.7 Å². The average Bonchev–Trinajstić information content (AvgIpc) is 3.21. The number of hydrogen-bond donors (Lipinski definition) is 1. The Bertz CT molecular complexity index is 1160. The second-order valence-corrected chi connectivity index (χ2v) is 8.07. The lowest BCUT2D eigenvalue weighted by molar-refractivity contribution is -0.137. The molecule has 5 rings (SSSR count). The first kappa shape index (κ1) is 22.5. The minimum atomic E-state index is -4.57. The molecule has 0 bridgehead atoms. The molecule has 0 atom stereocenters. The monoisotopic (exact) mass is 483 g/mol. The Labute approximate surface area is 192 Å². The van der Waals surface area contributed by atoms with E-state index in [1.54, 1.807) is 4.90 Å². The molecule has 8 nitrogen and oxygen atoms in total. The number of pyridine rings is 1. The topological polar surface area (TPSA) is 71.3 Å². The Balaban J connectivity index is 0.00000289. The summed E-state index contributed by atoms with van der Waals surface area (Å²) >= 11 is 0. The maximum absolute atomic E-state index is 13.5. The first-order valence-corrected chi connectivity index (χ1v) is 10.6. The third kappa shape index (κ3) is 4.80. The smallest absolute Gasteiger partial charge is 0.379 e. The maximum atomic E-state index is 13.5. The number of alkyl halides is 3. The van der Waals surface area contributed by atoms with Crippen LogP contribution in [-0.2, 0) is 10.9 Å². The van der Waals surface area contributed by atoms with Crippen LogP contribution in [0.3, 0.4) is 0 Å². The van der Waals surface area contributed by atoms with E-state index in [0.29, 0.717) is 32.4 Å². The maximum Gasteiger partial charge on any atom is 0.416 e. The molecule has 34 heavy (non-hydrogen) atoms. The number of nitrogens with zero attached hydrogens (tertiary/aromatic N) is 6. The Morgan fingerprint density at radius 3 is 2.38 bits per heavy atom. The van der Waals surface area contributed by atoms with Crippen molar-refractivity contribution in [1.29, 1.82) is 0 Å². The van der Waals surface area contributed by atoms with E-state index in [0.717, 1.165) is 42.0 Å². The highest BCUT2D eigenvalue weighted by atomic mass is 19.4. The largest absolute Gasteiger partial charge is 0.416 e. The van der Waals surface area contributed by atoms with Gasteiger partial charge in [-0.2, -0.15) is 18.2 Å². The third-order valence-corrected chi connectivity index (χ3v) is 5.73. The molecule has 13 heteroatoms. The SMILES string of the molecule is Fc1cc(F)cc(-n2cnc(Nc3cc(C(F)(F)F)cc(N4CC(N5CCOCC5)C4)n3)n2)c1.[HH]. The van der Waals surface area contributed by atoms with E-state index in [1.165, 1.54) is 6.33 Å². The van der Waals surface area contributed by atoms with Gasteiger partial charge in [-0.05, 0) is 24.3 Å². The van der Waals surface area contributed by atoms with Crippen molar-refractivity contribution in [3.63, 3.8) is 0 Å². The molecule has 0 amide bonds. The lowest BCUT2D eigenvalue weighted by Crippen LogP contribution is -2.61. The zero-order valence-corrected chi connectivity index (χ0v) is 17.8. The molecular formula is C21H22F5N7O. The predicted octanol–water partition coefficient (Wildman–Crippen LogP) is 3.47. The van der Waals surface area contributed by atoms with Gasteiger partial charge in [-0.15, -0.1) is 5.10 Å². The van der Waals surface area contributed by atoms with Gasteiger partial charge in [0, 0.05) is 39.7 Å². The summed E-state index contributed by atoms with van der Waals surface area (Å²) in [7, 11) is 0. The van der Waals surface area contributed by atoms with Gasteiger partial charge in [0.05, 0.1) is 24.5 Å². The standard InChI is InChI=1S/C21H20F5N7O.H2/c22-14-7-15(23)9-16(8-14)33-12-27-20(30-33)29-18-5-13(21(24,25)26)6-19(28-18)32-10-17(11-32)31-1-3-34-4-2-31;/h5-9,12,17H,1-4,10-11H2,(H,28,29,30);1H. The van der Waals surface area contributed by atoms with Crippen LogP contribution in [-0.4, -0.2) is 70.1 Å². The van der Waals surface area contributed by atoms with Gasteiger partial charge in [0.2, 0.25) is 5.95 Å². The third-order valence-electron chi connectivity index (χ3n) is 5.73. The van der Waals surface area contributed by atoms with Crippen molar-refractivity contribution in [2.24, 2.45) is 0 Å². The van der Waals surface area contributed by atoms with E-state index >= 15 is 0 Å². The fraction of sp³-hybridized carbons (Fsp3) is 0.381. The summed E-state index contributed by atoms with van der Waals surface area (Å²) in [6, 6.07) is 4.94. The number of halogens is 5. The molecule has 3 aromatic rings. The van der Waals surface area contributed by atoms with Crippen molar-refractivity contribution in [3.8, 4) is 5.69 Å². The molecule has 2 aromatic heterocycles. The van der Waals surface area contributed by atoms with Crippen molar-refractivity contribution in [3.05, 3.63) is 53.9 Å². The average molecular weight is 483 g/mol. The lowest BCUT2D eigenvalue weighted by Gasteiger charge is -2.47. The van der Waals surface area contributed by atoms with Crippen LogP contribution in [0, 0.1) is 11.6 Å². The summed E-state index contributed by atoms with van der Waals surface area (Å²) in [5.41, 5.74) is -0.785. The van der Waals surface area contributed by atoms with Gasteiger partial charge < -0.3 is 15.0 Å². The van der Waals surface area contributed by atoms with E-state index in [4.69, 9.17) is 4.74 Å². The highest BCUT2D eigenvalue weighted by Gasteiger charge is 2.36. The van der Waals surface area contributed by atoms with Gasteiger partial charge in [0.15, 0.2) is 0 Å². The second kappa shape index (κ2) is 8.80. The molecule has 2 aliphatic heterocycles. The zero-order valence-electron chi connectivity index (χ0n) is 17.8. The molecule has 0 aliphatic carbocycles. The van der Waals surface area contributed by atoms with Crippen LogP contribution < -0.4 is 10.2 Å².